The highest BCUT2D eigenvalue weighted by Gasteiger charge is 2.27. The standard InChI is InChI=1S/C28H30F2N8O2/c1-5-27(39)35-21-11-22(25(40-28(29)30)13-24(21)37(3)19-8-9-36(2)15-19)34-26-12-20(31-16-32-26)17-6-7-18-14-33-38(4)23(18)10-17/h5-7,10-14,16,19,28H,1,8-9,15H2,2-4H3,(H,35,39)(H,31,32,34). The van der Waals surface area contributed by atoms with Gasteiger partial charge in [0.15, 0.2) is 5.75 Å². The summed E-state index contributed by atoms with van der Waals surface area (Å²) in [5.74, 6) is -0.161. The minimum absolute atomic E-state index is 0.0868. The number of nitrogens with one attached hydrogen (secondary N) is 2. The van der Waals surface area contributed by atoms with Crippen LogP contribution in [0.25, 0.3) is 22.2 Å². The predicted molar refractivity (Wildman–Crippen MR) is 151 cm³/mol. The Morgan fingerprint density at radius 3 is 2.75 bits per heavy atom. The van der Waals surface area contributed by atoms with E-state index in [-0.39, 0.29) is 17.5 Å². The van der Waals surface area contributed by atoms with Gasteiger partial charge < -0.3 is 25.2 Å². The highest BCUT2D eigenvalue weighted by Crippen LogP contribution is 2.40. The van der Waals surface area contributed by atoms with Crippen LogP contribution in [0, 0.1) is 0 Å². The first-order valence-electron chi connectivity index (χ1n) is 12.7. The van der Waals surface area contributed by atoms with Crippen molar-refractivity contribution in [2.24, 2.45) is 7.05 Å². The van der Waals surface area contributed by atoms with Crippen molar-refractivity contribution in [2.75, 3.05) is 42.7 Å². The van der Waals surface area contributed by atoms with Crippen LogP contribution in [-0.4, -0.2) is 70.4 Å². The van der Waals surface area contributed by atoms with E-state index in [2.05, 4.69) is 37.2 Å². The van der Waals surface area contributed by atoms with Crippen molar-refractivity contribution in [2.45, 2.75) is 19.1 Å². The van der Waals surface area contributed by atoms with Crippen molar-refractivity contribution in [3.05, 3.63) is 61.6 Å². The highest BCUT2D eigenvalue weighted by atomic mass is 19.3. The van der Waals surface area contributed by atoms with Gasteiger partial charge in [-0.3, -0.25) is 9.48 Å². The van der Waals surface area contributed by atoms with E-state index in [1.54, 1.807) is 23.0 Å². The molecule has 12 heteroatoms. The number of amides is 1. The second kappa shape index (κ2) is 11.3. The van der Waals surface area contributed by atoms with Gasteiger partial charge in [-0.1, -0.05) is 18.7 Å². The molecule has 1 fully saturated rings. The van der Waals surface area contributed by atoms with Gasteiger partial charge in [-0.15, -0.1) is 0 Å². The first-order valence-corrected chi connectivity index (χ1v) is 12.7. The highest BCUT2D eigenvalue weighted by molar-refractivity contribution is 6.02. The lowest BCUT2D eigenvalue weighted by atomic mass is 10.1. The second-order valence-electron chi connectivity index (χ2n) is 9.71. The summed E-state index contributed by atoms with van der Waals surface area (Å²) in [6.45, 7) is 2.18. The van der Waals surface area contributed by atoms with Gasteiger partial charge in [-0.25, -0.2) is 9.97 Å². The Balaban J connectivity index is 1.52. The SMILES string of the molecule is C=CC(=O)Nc1cc(Nc2cc(-c3ccc4cnn(C)c4c3)ncn2)c(OC(F)F)cc1N(C)C1CCN(C)C1. The average Bonchev–Trinajstić information content (AvgIpc) is 3.54. The molecule has 1 atom stereocenters. The molecule has 5 rings (SSSR count). The normalized spacial score (nSPS) is 15.4. The summed E-state index contributed by atoms with van der Waals surface area (Å²) in [5.41, 5.74) is 3.56. The molecule has 4 aromatic rings. The largest absolute Gasteiger partial charge is 0.433 e. The molecule has 1 saturated heterocycles. The summed E-state index contributed by atoms with van der Waals surface area (Å²) in [7, 11) is 5.76. The molecule has 0 radical (unpaired) electrons. The molecule has 1 aliphatic rings. The monoisotopic (exact) mass is 548 g/mol. The van der Waals surface area contributed by atoms with Crippen LogP contribution in [0.3, 0.4) is 0 Å². The zero-order chi connectivity index (χ0) is 28.4. The van der Waals surface area contributed by atoms with Gasteiger partial charge in [0, 0.05) is 49.8 Å². The second-order valence-corrected chi connectivity index (χ2v) is 9.71. The number of alkyl halides is 2. The molecular weight excluding hydrogens is 518 g/mol. The Kier molecular flexibility index (Phi) is 7.60. The topological polar surface area (TPSA) is 100 Å². The molecule has 3 heterocycles. The molecule has 40 heavy (non-hydrogen) atoms. The minimum Gasteiger partial charge on any atom is -0.433 e. The molecule has 0 saturated carbocycles. The van der Waals surface area contributed by atoms with Gasteiger partial charge in [0.1, 0.15) is 12.1 Å². The van der Waals surface area contributed by atoms with Crippen molar-refractivity contribution >= 4 is 39.7 Å². The van der Waals surface area contributed by atoms with Gasteiger partial charge in [0.2, 0.25) is 5.91 Å². The summed E-state index contributed by atoms with van der Waals surface area (Å²) in [5, 5.41) is 11.1. The van der Waals surface area contributed by atoms with Crippen molar-refractivity contribution in [1.29, 1.82) is 0 Å². The van der Waals surface area contributed by atoms with Crippen LogP contribution < -0.4 is 20.3 Å². The third kappa shape index (κ3) is 5.71. The Hall–Kier alpha value is -4.58. The Bertz CT molecular complexity index is 1560. The van der Waals surface area contributed by atoms with Gasteiger partial charge >= 0.3 is 6.61 Å². The molecule has 208 valence electrons. The number of likely N-dealkylation sites (tertiary alicyclic amines) is 1. The first kappa shape index (κ1) is 27.0. The Labute approximate surface area is 230 Å². The number of likely N-dealkylation sites (N-methyl/N-ethyl adjacent to an activating group) is 2. The number of hydrogen-bond acceptors (Lipinski definition) is 8. The average molecular weight is 549 g/mol. The summed E-state index contributed by atoms with van der Waals surface area (Å²) in [6.07, 6.45) is 5.21. The van der Waals surface area contributed by atoms with Crippen molar-refractivity contribution in [1.82, 2.24) is 24.6 Å². The number of ether oxygens (including phenoxy) is 1. The quantitative estimate of drug-likeness (QED) is 0.292. The van der Waals surface area contributed by atoms with Crippen molar-refractivity contribution in [3.63, 3.8) is 0 Å². The molecule has 1 unspecified atom stereocenters. The number of carbonyl (C=O) groups is 1. The molecule has 2 N–H and O–H groups in total. The maximum atomic E-state index is 13.5. The van der Waals surface area contributed by atoms with Crippen molar-refractivity contribution < 1.29 is 18.3 Å². The van der Waals surface area contributed by atoms with E-state index in [4.69, 9.17) is 4.74 Å². The molecule has 0 spiro atoms. The van der Waals surface area contributed by atoms with E-state index in [9.17, 15) is 13.6 Å². The van der Waals surface area contributed by atoms with Gasteiger partial charge in [-0.2, -0.15) is 13.9 Å². The number of benzene rings is 2. The zero-order valence-electron chi connectivity index (χ0n) is 22.4. The predicted octanol–water partition coefficient (Wildman–Crippen LogP) is 4.64. The summed E-state index contributed by atoms with van der Waals surface area (Å²) >= 11 is 0. The Morgan fingerprint density at radius 1 is 1.20 bits per heavy atom. The van der Waals surface area contributed by atoms with Gasteiger partial charge in [-0.05, 0) is 38.2 Å². The van der Waals surface area contributed by atoms with Gasteiger partial charge in [0.05, 0.1) is 34.5 Å². The number of aromatic nitrogens is 4. The summed E-state index contributed by atoms with van der Waals surface area (Å²) in [6, 6.07) is 10.7. The van der Waals surface area contributed by atoms with E-state index in [0.29, 0.717) is 22.9 Å². The van der Waals surface area contributed by atoms with Crippen LogP contribution in [-0.2, 0) is 11.8 Å². The molecule has 10 nitrogen and oxygen atoms in total. The maximum absolute atomic E-state index is 13.5. The molecular formula is C28H30F2N8O2. The van der Waals surface area contributed by atoms with E-state index in [0.717, 1.165) is 42.1 Å². The van der Waals surface area contributed by atoms with E-state index < -0.39 is 12.5 Å². The zero-order valence-corrected chi connectivity index (χ0v) is 22.4. The fourth-order valence-corrected chi connectivity index (χ4v) is 4.89. The lowest BCUT2D eigenvalue weighted by Gasteiger charge is -2.30. The van der Waals surface area contributed by atoms with Crippen LogP contribution in [0.5, 0.6) is 5.75 Å². The smallest absolute Gasteiger partial charge is 0.387 e. The number of nitrogens with zero attached hydrogens (tertiary/aromatic N) is 6. The number of carbonyl (C=O) groups excluding carboxylic acids is 1. The van der Waals surface area contributed by atoms with Crippen LogP contribution in [0.2, 0.25) is 0 Å². The fraction of sp³-hybridized carbons (Fsp3) is 0.286. The molecule has 2 aromatic carbocycles. The van der Waals surface area contributed by atoms with Crippen LogP contribution in [0.4, 0.5) is 31.7 Å². The molecule has 2 aromatic heterocycles. The van der Waals surface area contributed by atoms with Gasteiger partial charge in [0.25, 0.3) is 0 Å². The molecule has 1 aliphatic heterocycles. The maximum Gasteiger partial charge on any atom is 0.387 e. The number of anilines is 4. The number of fused-ring (bicyclic) bond motifs is 1. The van der Waals surface area contributed by atoms with Crippen LogP contribution in [0.15, 0.2) is 61.6 Å². The first-order chi connectivity index (χ1) is 19.2. The summed E-state index contributed by atoms with van der Waals surface area (Å²) in [4.78, 5) is 25.1. The van der Waals surface area contributed by atoms with Crippen molar-refractivity contribution in [3.8, 4) is 17.0 Å². The lowest BCUT2D eigenvalue weighted by molar-refractivity contribution is -0.111. The Morgan fingerprint density at radius 2 is 2.02 bits per heavy atom. The molecule has 0 bridgehead atoms. The number of rotatable bonds is 9. The summed E-state index contributed by atoms with van der Waals surface area (Å²) < 4.78 is 33.7. The third-order valence-corrected chi connectivity index (χ3v) is 7.03. The lowest BCUT2D eigenvalue weighted by Crippen LogP contribution is -2.34. The number of halogens is 2. The van der Waals surface area contributed by atoms with E-state index in [1.807, 2.05) is 44.2 Å². The van der Waals surface area contributed by atoms with Crippen LogP contribution in [0.1, 0.15) is 6.42 Å². The van der Waals surface area contributed by atoms with Crippen LogP contribution >= 0.6 is 0 Å². The van der Waals surface area contributed by atoms with E-state index >= 15 is 0 Å². The third-order valence-electron chi connectivity index (χ3n) is 7.03. The number of aryl methyl sites for hydroxylation is 1. The van der Waals surface area contributed by atoms with E-state index in [1.165, 1.54) is 12.4 Å². The minimum atomic E-state index is -3.06. The number of hydrogen-bond donors (Lipinski definition) is 2. The molecule has 0 aliphatic carbocycles. The molecule has 1 amide bonds. The fourth-order valence-electron chi connectivity index (χ4n) is 4.89.